The third-order valence-electron chi connectivity index (χ3n) is 1.66. The topological polar surface area (TPSA) is 136 Å². The average Bonchev–Trinajstić information content (AvgIpc) is 2.16. The van der Waals surface area contributed by atoms with Crippen molar-refractivity contribution in [1.82, 2.24) is 0 Å². The fourth-order valence-corrected chi connectivity index (χ4v) is 0.993. The van der Waals surface area contributed by atoms with Crippen LogP contribution in [0, 0.1) is 31.6 Å². The molecule has 0 saturated heterocycles. The van der Waals surface area contributed by atoms with Crippen LogP contribution in [0.15, 0.2) is 12.1 Å². The molecule has 0 aromatic heterocycles. The Balaban J connectivity index is 3.52. The molecule has 0 fully saturated rings. The molecule has 0 aliphatic rings. The van der Waals surface area contributed by atoms with E-state index in [1.165, 1.54) is 6.07 Å². The molecular formula is C7H4N4O4. The van der Waals surface area contributed by atoms with Crippen molar-refractivity contribution >= 4 is 17.1 Å². The van der Waals surface area contributed by atoms with Gasteiger partial charge in [0.05, 0.1) is 15.9 Å². The Morgan fingerprint density at radius 2 is 1.73 bits per heavy atom. The van der Waals surface area contributed by atoms with Gasteiger partial charge in [0.25, 0.3) is 11.4 Å². The minimum Gasteiger partial charge on any atom is -0.393 e. The highest BCUT2D eigenvalue weighted by molar-refractivity contribution is 5.68. The molecule has 1 aromatic rings. The number of nitrogens with two attached hydrogens (primary N) is 1. The second-order valence-electron chi connectivity index (χ2n) is 2.55. The first kappa shape index (κ1) is 10.4. The van der Waals surface area contributed by atoms with E-state index in [-0.39, 0.29) is 11.3 Å². The van der Waals surface area contributed by atoms with Crippen LogP contribution in [0.25, 0.3) is 0 Å². The highest BCUT2D eigenvalue weighted by atomic mass is 16.6. The largest absolute Gasteiger partial charge is 0.393 e. The summed E-state index contributed by atoms with van der Waals surface area (Å²) in [4.78, 5) is 19.2. The minimum absolute atomic E-state index is 0.276. The Morgan fingerprint density at radius 3 is 2.13 bits per heavy atom. The number of anilines is 1. The molecule has 0 radical (unpaired) electrons. The van der Waals surface area contributed by atoms with Gasteiger partial charge < -0.3 is 5.73 Å². The Hall–Kier alpha value is -2.69. The van der Waals surface area contributed by atoms with Crippen LogP contribution in [0.3, 0.4) is 0 Å². The molecule has 0 aliphatic carbocycles. The molecule has 1 aromatic carbocycles. The Bertz CT molecular complexity index is 490. The minimum atomic E-state index is -0.870. The lowest BCUT2D eigenvalue weighted by Gasteiger charge is -1.98. The van der Waals surface area contributed by atoms with Crippen LogP contribution < -0.4 is 5.73 Å². The lowest BCUT2D eigenvalue weighted by Crippen LogP contribution is -2.00. The van der Waals surface area contributed by atoms with Crippen molar-refractivity contribution in [3.8, 4) is 6.07 Å². The van der Waals surface area contributed by atoms with Gasteiger partial charge in [0.1, 0.15) is 17.3 Å². The second-order valence-corrected chi connectivity index (χ2v) is 2.55. The maximum Gasteiger partial charge on any atom is 0.299 e. The summed E-state index contributed by atoms with van der Waals surface area (Å²) in [6, 6.07) is 3.13. The van der Waals surface area contributed by atoms with E-state index in [2.05, 4.69) is 0 Å². The van der Waals surface area contributed by atoms with Gasteiger partial charge in [-0.05, 0) is 6.07 Å². The third kappa shape index (κ3) is 1.80. The van der Waals surface area contributed by atoms with Crippen LogP contribution in [0.2, 0.25) is 0 Å². The number of nitrogen functional groups attached to an aromatic ring is 1. The number of hydrogen-bond donors (Lipinski definition) is 1. The zero-order valence-corrected chi connectivity index (χ0v) is 7.21. The molecule has 0 aliphatic heterocycles. The predicted octanol–water partition coefficient (Wildman–Crippen LogP) is 0.957. The van der Waals surface area contributed by atoms with E-state index in [1.807, 2.05) is 0 Å². The van der Waals surface area contributed by atoms with Gasteiger partial charge in [-0.15, -0.1) is 0 Å². The SMILES string of the molecule is N#Cc1cc(N)c([N+](=O)[O-])cc1[N+](=O)[O-]. The number of nitro groups is 2. The summed E-state index contributed by atoms with van der Waals surface area (Å²) < 4.78 is 0. The molecule has 0 saturated carbocycles. The number of nitrogens with zero attached hydrogens (tertiary/aromatic N) is 3. The first-order valence-corrected chi connectivity index (χ1v) is 3.59. The van der Waals surface area contributed by atoms with Crippen LogP contribution in [0.5, 0.6) is 0 Å². The standard InChI is InChI=1S/C7H4N4O4/c8-3-4-1-5(9)7(11(14)15)2-6(4)10(12)13/h1-2H,9H2. The lowest BCUT2D eigenvalue weighted by atomic mass is 10.1. The zero-order valence-electron chi connectivity index (χ0n) is 7.21. The smallest absolute Gasteiger partial charge is 0.299 e. The molecule has 0 bridgehead atoms. The van der Waals surface area contributed by atoms with Crippen molar-refractivity contribution in [3.63, 3.8) is 0 Å². The van der Waals surface area contributed by atoms with Crippen LogP contribution in [0.4, 0.5) is 17.1 Å². The van der Waals surface area contributed by atoms with Gasteiger partial charge in [0.15, 0.2) is 0 Å². The van der Waals surface area contributed by atoms with Gasteiger partial charge in [-0.25, -0.2) is 0 Å². The maximum absolute atomic E-state index is 10.5. The number of rotatable bonds is 2. The zero-order chi connectivity index (χ0) is 11.6. The molecule has 0 spiro atoms. The summed E-state index contributed by atoms with van der Waals surface area (Å²) in [7, 11) is 0. The van der Waals surface area contributed by atoms with E-state index in [0.717, 1.165) is 6.07 Å². The van der Waals surface area contributed by atoms with Crippen LogP contribution in [-0.2, 0) is 0 Å². The molecule has 8 nitrogen and oxygen atoms in total. The average molecular weight is 208 g/mol. The summed E-state index contributed by atoms with van der Waals surface area (Å²) in [6.07, 6.45) is 0. The quantitative estimate of drug-likeness (QED) is 0.436. The second kappa shape index (κ2) is 3.59. The van der Waals surface area contributed by atoms with E-state index < -0.39 is 21.2 Å². The molecule has 2 N–H and O–H groups in total. The number of nitro benzene ring substituents is 2. The van der Waals surface area contributed by atoms with E-state index in [4.69, 9.17) is 11.0 Å². The molecule has 15 heavy (non-hydrogen) atoms. The molecule has 8 heteroatoms. The fraction of sp³-hybridized carbons (Fsp3) is 0. The normalized spacial score (nSPS) is 9.27. The number of nitriles is 1. The molecule has 0 atom stereocenters. The Kier molecular flexibility index (Phi) is 2.48. The fourth-order valence-electron chi connectivity index (χ4n) is 0.993. The maximum atomic E-state index is 10.5. The van der Waals surface area contributed by atoms with Crippen LogP contribution >= 0.6 is 0 Å². The van der Waals surface area contributed by atoms with Gasteiger partial charge in [-0.3, -0.25) is 20.2 Å². The Morgan fingerprint density at radius 1 is 1.20 bits per heavy atom. The summed E-state index contributed by atoms with van der Waals surface area (Å²) in [5.41, 5.74) is 3.46. The van der Waals surface area contributed by atoms with Crippen molar-refractivity contribution in [1.29, 1.82) is 5.26 Å². The van der Waals surface area contributed by atoms with Crippen LogP contribution in [-0.4, -0.2) is 9.85 Å². The van der Waals surface area contributed by atoms with Crippen molar-refractivity contribution in [3.05, 3.63) is 37.9 Å². The first-order valence-electron chi connectivity index (χ1n) is 3.59. The van der Waals surface area contributed by atoms with Gasteiger partial charge in [-0.2, -0.15) is 5.26 Å². The summed E-state index contributed by atoms with van der Waals surface area (Å²) in [6.45, 7) is 0. The van der Waals surface area contributed by atoms with E-state index in [1.54, 1.807) is 0 Å². The van der Waals surface area contributed by atoms with Crippen molar-refractivity contribution in [2.45, 2.75) is 0 Å². The van der Waals surface area contributed by atoms with E-state index in [0.29, 0.717) is 6.07 Å². The molecule has 0 unspecified atom stereocenters. The lowest BCUT2D eigenvalue weighted by molar-refractivity contribution is -0.393. The molecule has 0 heterocycles. The molecule has 76 valence electrons. The number of benzene rings is 1. The van der Waals surface area contributed by atoms with E-state index in [9.17, 15) is 20.2 Å². The van der Waals surface area contributed by atoms with Gasteiger partial charge >= 0.3 is 0 Å². The summed E-state index contributed by atoms with van der Waals surface area (Å²) >= 11 is 0. The van der Waals surface area contributed by atoms with Gasteiger partial charge in [0, 0.05) is 0 Å². The predicted molar refractivity (Wildman–Crippen MR) is 48.9 cm³/mol. The third-order valence-corrected chi connectivity index (χ3v) is 1.66. The van der Waals surface area contributed by atoms with Crippen molar-refractivity contribution < 1.29 is 9.85 Å². The highest BCUT2D eigenvalue weighted by Gasteiger charge is 2.22. The van der Waals surface area contributed by atoms with Crippen molar-refractivity contribution in [2.75, 3.05) is 5.73 Å². The Labute approximate surface area is 82.8 Å². The molecule has 0 amide bonds. The summed E-state index contributed by atoms with van der Waals surface area (Å²) in [5.74, 6) is 0. The molecular weight excluding hydrogens is 204 g/mol. The van der Waals surface area contributed by atoms with Crippen molar-refractivity contribution in [2.24, 2.45) is 0 Å². The monoisotopic (exact) mass is 208 g/mol. The first-order chi connectivity index (χ1) is 6.97. The summed E-state index contributed by atoms with van der Waals surface area (Å²) in [5, 5.41) is 29.4. The van der Waals surface area contributed by atoms with E-state index >= 15 is 0 Å². The highest BCUT2D eigenvalue weighted by Crippen LogP contribution is 2.29. The molecule has 1 rings (SSSR count). The van der Waals surface area contributed by atoms with Gasteiger partial charge in [-0.1, -0.05) is 0 Å². The van der Waals surface area contributed by atoms with Crippen LogP contribution in [0.1, 0.15) is 5.56 Å². The van der Waals surface area contributed by atoms with Gasteiger partial charge in [0.2, 0.25) is 0 Å². The number of hydrogen-bond acceptors (Lipinski definition) is 6.